The van der Waals surface area contributed by atoms with Crippen LogP contribution in [0.2, 0.25) is 0 Å². The molecule has 2 aromatic carbocycles. The van der Waals surface area contributed by atoms with Crippen LogP contribution >= 0.6 is 0 Å². The highest BCUT2D eigenvalue weighted by Gasteiger charge is 2.12. The molecule has 0 atom stereocenters. The third-order valence-electron chi connectivity index (χ3n) is 3.93. The topological polar surface area (TPSA) is 75.3 Å². The van der Waals surface area contributed by atoms with Gasteiger partial charge in [0.05, 0.1) is 0 Å². The van der Waals surface area contributed by atoms with Gasteiger partial charge in [0, 0.05) is 36.7 Å². The van der Waals surface area contributed by atoms with E-state index in [9.17, 15) is 14.4 Å². The highest BCUT2D eigenvalue weighted by Crippen LogP contribution is 2.15. The van der Waals surface area contributed by atoms with Crippen LogP contribution in [0.1, 0.15) is 44.7 Å². The predicted octanol–water partition coefficient (Wildman–Crippen LogP) is 3.26. The molecule has 0 unspecified atom stereocenters. The Balaban J connectivity index is 1.91. The van der Waals surface area contributed by atoms with Gasteiger partial charge in [0.2, 0.25) is 5.91 Å². The smallest absolute Gasteiger partial charge is 0.251 e. The van der Waals surface area contributed by atoms with E-state index in [0.717, 1.165) is 11.1 Å². The first-order chi connectivity index (χ1) is 11.9. The van der Waals surface area contributed by atoms with Crippen molar-refractivity contribution >= 4 is 23.3 Å². The van der Waals surface area contributed by atoms with Crippen molar-refractivity contribution < 1.29 is 14.4 Å². The van der Waals surface area contributed by atoms with Crippen molar-refractivity contribution in [2.75, 3.05) is 12.4 Å². The van der Waals surface area contributed by atoms with Gasteiger partial charge in [-0.15, -0.1) is 0 Å². The number of amides is 2. The van der Waals surface area contributed by atoms with E-state index in [4.69, 9.17) is 0 Å². The molecule has 0 aliphatic heterocycles. The first-order valence-corrected chi connectivity index (χ1v) is 8.13. The summed E-state index contributed by atoms with van der Waals surface area (Å²) in [6, 6.07) is 12.3. The molecule has 0 spiro atoms. The van der Waals surface area contributed by atoms with E-state index in [2.05, 4.69) is 10.6 Å². The molecule has 2 rings (SSSR count). The fourth-order valence-electron chi connectivity index (χ4n) is 2.47. The molecule has 5 nitrogen and oxygen atoms in total. The zero-order chi connectivity index (χ0) is 18.4. The SMILES string of the molecule is CNC(=O)c1ccc(NC(=O)CCC(=O)c2cc(C)ccc2C)cc1. The second kappa shape index (κ2) is 8.24. The van der Waals surface area contributed by atoms with Crippen molar-refractivity contribution in [2.45, 2.75) is 26.7 Å². The van der Waals surface area contributed by atoms with Gasteiger partial charge in [-0.05, 0) is 49.7 Å². The van der Waals surface area contributed by atoms with Crippen LogP contribution in [0.4, 0.5) is 5.69 Å². The molecule has 2 N–H and O–H groups in total. The van der Waals surface area contributed by atoms with Crippen LogP contribution in [0.15, 0.2) is 42.5 Å². The zero-order valence-corrected chi connectivity index (χ0v) is 14.7. The number of hydrogen-bond donors (Lipinski definition) is 2. The monoisotopic (exact) mass is 338 g/mol. The van der Waals surface area contributed by atoms with E-state index in [1.54, 1.807) is 31.3 Å². The molecule has 0 radical (unpaired) electrons. The van der Waals surface area contributed by atoms with E-state index >= 15 is 0 Å². The lowest BCUT2D eigenvalue weighted by Crippen LogP contribution is -2.18. The molecular weight excluding hydrogens is 316 g/mol. The molecule has 0 heterocycles. The number of aryl methyl sites for hydroxylation is 2. The molecule has 0 aromatic heterocycles. The van der Waals surface area contributed by atoms with Crippen molar-refractivity contribution in [1.82, 2.24) is 5.32 Å². The van der Waals surface area contributed by atoms with Crippen molar-refractivity contribution in [2.24, 2.45) is 0 Å². The van der Waals surface area contributed by atoms with Crippen LogP contribution in [0.25, 0.3) is 0 Å². The molecule has 2 aromatic rings. The molecule has 5 heteroatoms. The third kappa shape index (κ3) is 5.01. The summed E-state index contributed by atoms with van der Waals surface area (Å²) in [7, 11) is 1.56. The summed E-state index contributed by atoms with van der Waals surface area (Å²) in [5.74, 6) is -0.449. The van der Waals surface area contributed by atoms with E-state index in [1.165, 1.54) is 0 Å². The van der Waals surface area contributed by atoms with Gasteiger partial charge in [-0.25, -0.2) is 0 Å². The van der Waals surface area contributed by atoms with Gasteiger partial charge in [0.1, 0.15) is 0 Å². The minimum absolute atomic E-state index is 0.0358. The zero-order valence-electron chi connectivity index (χ0n) is 14.7. The summed E-state index contributed by atoms with van der Waals surface area (Å²) in [4.78, 5) is 35.8. The predicted molar refractivity (Wildman–Crippen MR) is 97.9 cm³/mol. The van der Waals surface area contributed by atoms with E-state index in [1.807, 2.05) is 32.0 Å². The van der Waals surface area contributed by atoms with Crippen LogP contribution in [-0.4, -0.2) is 24.6 Å². The summed E-state index contributed by atoms with van der Waals surface area (Å²) >= 11 is 0. The number of carbonyl (C=O) groups is 3. The van der Waals surface area contributed by atoms with Crippen LogP contribution in [0.5, 0.6) is 0 Å². The lowest BCUT2D eigenvalue weighted by molar-refractivity contribution is -0.116. The van der Waals surface area contributed by atoms with Crippen molar-refractivity contribution in [1.29, 1.82) is 0 Å². The van der Waals surface area contributed by atoms with E-state index in [-0.39, 0.29) is 30.4 Å². The third-order valence-corrected chi connectivity index (χ3v) is 3.93. The summed E-state index contributed by atoms with van der Waals surface area (Å²) in [6.07, 6.45) is 0.274. The van der Waals surface area contributed by atoms with Gasteiger partial charge in [0.15, 0.2) is 5.78 Å². The fourth-order valence-corrected chi connectivity index (χ4v) is 2.47. The first-order valence-electron chi connectivity index (χ1n) is 8.13. The largest absolute Gasteiger partial charge is 0.355 e. The molecule has 0 aliphatic carbocycles. The van der Waals surface area contributed by atoms with Crippen molar-refractivity contribution in [3.8, 4) is 0 Å². The minimum atomic E-state index is -0.230. The Morgan fingerprint density at radius 2 is 1.60 bits per heavy atom. The number of Topliss-reactive ketones (excluding diaryl/α,β-unsaturated/α-hetero) is 1. The van der Waals surface area contributed by atoms with E-state index in [0.29, 0.717) is 16.8 Å². The highest BCUT2D eigenvalue weighted by atomic mass is 16.2. The number of hydrogen-bond acceptors (Lipinski definition) is 3. The molecule has 0 bridgehead atoms. The lowest BCUT2D eigenvalue weighted by atomic mass is 9.99. The average molecular weight is 338 g/mol. The van der Waals surface area contributed by atoms with Crippen molar-refractivity contribution in [3.05, 3.63) is 64.7 Å². The lowest BCUT2D eigenvalue weighted by Gasteiger charge is -2.08. The van der Waals surface area contributed by atoms with Crippen LogP contribution in [0.3, 0.4) is 0 Å². The van der Waals surface area contributed by atoms with Gasteiger partial charge in [-0.3, -0.25) is 14.4 Å². The Bertz CT molecular complexity index is 795. The Hall–Kier alpha value is -2.95. The molecule has 0 aliphatic rings. The standard InChI is InChI=1S/C20H22N2O3/c1-13-4-5-14(2)17(12-13)18(23)10-11-19(24)22-16-8-6-15(7-9-16)20(25)21-3/h4-9,12H,10-11H2,1-3H3,(H,21,25)(H,22,24). The molecule has 0 saturated carbocycles. The minimum Gasteiger partial charge on any atom is -0.355 e. The van der Waals surface area contributed by atoms with Crippen LogP contribution in [-0.2, 0) is 4.79 Å². The van der Waals surface area contributed by atoms with Crippen molar-refractivity contribution in [3.63, 3.8) is 0 Å². The van der Waals surface area contributed by atoms with Gasteiger partial charge < -0.3 is 10.6 Å². The summed E-state index contributed by atoms with van der Waals surface area (Å²) in [6.45, 7) is 3.83. The number of benzene rings is 2. The Morgan fingerprint density at radius 3 is 2.24 bits per heavy atom. The number of rotatable bonds is 6. The quantitative estimate of drug-likeness (QED) is 0.794. The van der Waals surface area contributed by atoms with Gasteiger partial charge >= 0.3 is 0 Å². The Labute approximate surface area is 147 Å². The Kier molecular flexibility index (Phi) is 6.06. The Morgan fingerprint density at radius 1 is 0.920 bits per heavy atom. The maximum Gasteiger partial charge on any atom is 0.251 e. The summed E-state index contributed by atoms with van der Waals surface area (Å²) in [5.41, 5.74) is 3.72. The first kappa shape index (κ1) is 18.4. The van der Waals surface area contributed by atoms with Gasteiger partial charge in [0.25, 0.3) is 5.91 Å². The molecule has 25 heavy (non-hydrogen) atoms. The number of ketones is 1. The van der Waals surface area contributed by atoms with Crippen LogP contribution < -0.4 is 10.6 Å². The number of carbonyl (C=O) groups excluding carboxylic acids is 3. The summed E-state index contributed by atoms with van der Waals surface area (Å²) < 4.78 is 0. The normalized spacial score (nSPS) is 10.2. The van der Waals surface area contributed by atoms with Crippen LogP contribution in [0, 0.1) is 13.8 Å². The maximum absolute atomic E-state index is 12.3. The fraction of sp³-hybridized carbons (Fsp3) is 0.250. The maximum atomic E-state index is 12.3. The molecule has 2 amide bonds. The molecule has 0 fully saturated rings. The molecular formula is C20H22N2O3. The molecule has 0 saturated heterocycles. The van der Waals surface area contributed by atoms with Gasteiger partial charge in [-0.2, -0.15) is 0 Å². The molecule has 130 valence electrons. The second-order valence-electron chi connectivity index (χ2n) is 5.95. The van der Waals surface area contributed by atoms with Gasteiger partial charge in [-0.1, -0.05) is 17.7 Å². The summed E-state index contributed by atoms with van der Waals surface area (Å²) in [5, 5.41) is 5.27. The second-order valence-corrected chi connectivity index (χ2v) is 5.95. The number of anilines is 1. The highest BCUT2D eigenvalue weighted by molar-refractivity contribution is 6.01. The van der Waals surface area contributed by atoms with E-state index < -0.39 is 0 Å². The number of nitrogens with one attached hydrogen (secondary N) is 2. The average Bonchev–Trinajstić information content (AvgIpc) is 2.61.